The Morgan fingerprint density at radius 1 is 0.846 bits per heavy atom. The van der Waals surface area contributed by atoms with Gasteiger partial charge < -0.3 is 21.1 Å². The number of fused-ring (bicyclic) bond motifs is 1. The SMILES string of the molecule is COC(=O)[C@H](CC(C)C)NC(=O)[C@H](CC(N)=O)NC(=O)[C@H](Cc1ccccc1)N1C(=O)c2ccccc2C1=O. The molecule has 0 aliphatic carbocycles. The molecule has 0 spiro atoms. The Hall–Kier alpha value is -4.54. The number of ether oxygens (including phenoxy) is 1. The van der Waals surface area contributed by atoms with Gasteiger partial charge in [0.1, 0.15) is 18.1 Å². The van der Waals surface area contributed by atoms with Crippen molar-refractivity contribution in [2.75, 3.05) is 7.11 Å². The van der Waals surface area contributed by atoms with Crippen molar-refractivity contribution in [2.24, 2.45) is 11.7 Å². The number of rotatable bonds is 12. The lowest BCUT2D eigenvalue weighted by Crippen LogP contribution is -2.58. The number of hydrogen-bond acceptors (Lipinski definition) is 7. The Bertz CT molecular complexity index is 1230. The summed E-state index contributed by atoms with van der Waals surface area (Å²) < 4.78 is 4.77. The number of primary amides is 1. The number of nitrogens with zero attached hydrogens (tertiary/aromatic N) is 1. The first-order valence-electron chi connectivity index (χ1n) is 12.5. The summed E-state index contributed by atoms with van der Waals surface area (Å²) in [5, 5.41) is 5.00. The molecule has 1 aliphatic heterocycles. The molecule has 0 fully saturated rings. The molecule has 3 rings (SSSR count). The monoisotopic (exact) mass is 536 g/mol. The molecule has 206 valence electrons. The highest BCUT2D eigenvalue weighted by atomic mass is 16.5. The minimum atomic E-state index is -1.47. The number of imide groups is 1. The van der Waals surface area contributed by atoms with Crippen molar-refractivity contribution in [3.05, 3.63) is 71.3 Å². The third kappa shape index (κ3) is 7.07. The van der Waals surface area contributed by atoms with Gasteiger partial charge in [-0.25, -0.2) is 4.79 Å². The van der Waals surface area contributed by atoms with Crippen molar-refractivity contribution in [3.63, 3.8) is 0 Å². The molecule has 11 heteroatoms. The van der Waals surface area contributed by atoms with Gasteiger partial charge in [-0.15, -0.1) is 0 Å². The van der Waals surface area contributed by atoms with Gasteiger partial charge in [0.25, 0.3) is 11.8 Å². The van der Waals surface area contributed by atoms with Crippen molar-refractivity contribution in [1.29, 1.82) is 0 Å². The van der Waals surface area contributed by atoms with Crippen LogP contribution in [-0.4, -0.2) is 65.6 Å². The summed E-state index contributed by atoms with van der Waals surface area (Å²) in [6.45, 7) is 3.70. The fourth-order valence-electron chi connectivity index (χ4n) is 4.41. The van der Waals surface area contributed by atoms with Crippen LogP contribution in [-0.2, 0) is 30.3 Å². The van der Waals surface area contributed by atoms with Crippen molar-refractivity contribution >= 4 is 35.5 Å². The van der Waals surface area contributed by atoms with Gasteiger partial charge >= 0.3 is 5.97 Å². The minimum Gasteiger partial charge on any atom is -0.467 e. The van der Waals surface area contributed by atoms with E-state index in [-0.39, 0.29) is 29.9 Å². The second-order valence-corrected chi connectivity index (χ2v) is 9.68. The average molecular weight is 537 g/mol. The van der Waals surface area contributed by atoms with Crippen LogP contribution in [0.1, 0.15) is 53.0 Å². The maximum absolute atomic E-state index is 13.6. The molecule has 11 nitrogen and oxygen atoms in total. The van der Waals surface area contributed by atoms with E-state index in [4.69, 9.17) is 10.5 Å². The topological polar surface area (TPSA) is 165 Å². The molecule has 3 atom stereocenters. The van der Waals surface area contributed by atoms with Gasteiger partial charge in [-0.2, -0.15) is 0 Å². The Balaban J connectivity index is 1.90. The number of nitrogens with two attached hydrogens (primary N) is 1. The number of hydrogen-bond donors (Lipinski definition) is 3. The van der Waals surface area contributed by atoms with E-state index < -0.39 is 60.1 Å². The Morgan fingerprint density at radius 3 is 1.90 bits per heavy atom. The molecule has 2 aromatic carbocycles. The number of nitrogens with one attached hydrogen (secondary N) is 2. The van der Waals surface area contributed by atoms with Gasteiger partial charge in [0.2, 0.25) is 17.7 Å². The Labute approximate surface area is 226 Å². The van der Waals surface area contributed by atoms with Crippen LogP contribution in [0.25, 0.3) is 0 Å². The highest BCUT2D eigenvalue weighted by Crippen LogP contribution is 2.26. The van der Waals surface area contributed by atoms with E-state index in [1.807, 2.05) is 13.8 Å². The minimum absolute atomic E-state index is 0.0164. The van der Waals surface area contributed by atoms with Crippen LogP contribution >= 0.6 is 0 Å². The predicted molar refractivity (Wildman–Crippen MR) is 140 cm³/mol. The molecule has 0 aromatic heterocycles. The second-order valence-electron chi connectivity index (χ2n) is 9.68. The van der Waals surface area contributed by atoms with E-state index in [1.54, 1.807) is 42.5 Å². The summed E-state index contributed by atoms with van der Waals surface area (Å²) in [6.07, 6.45) is -0.365. The lowest BCUT2D eigenvalue weighted by atomic mass is 10.0. The lowest BCUT2D eigenvalue weighted by Gasteiger charge is -2.28. The summed E-state index contributed by atoms with van der Waals surface area (Å²) in [5.41, 5.74) is 6.33. The number of methoxy groups -OCH3 is 1. The number of amides is 5. The van der Waals surface area contributed by atoms with Crippen molar-refractivity contribution < 1.29 is 33.5 Å². The molecule has 0 radical (unpaired) electrons. The van der Waals surface area contributed by atoms with Crippen LogP contribution in [0, 0.1) is 5.92 Å². The van der Waals surface area contributed by atoms with E-state index in [2.05, 4.69) is 10.6 Å². The van der Waals surface area contributed by atoms with Crippen LogP contribution in [0.15, 0.2) is 54.6 Å². The quantitative estimate of drug-likeness (QED) is 0.268. The highest BCUT2D eigenvalue weighted by Gasteiger charge is 2.43. The second kappa shape index (κ2) is 12.8. The number of benzene rings is 2. The Morgan fingerprint density at radius 2 is 1.38 bits per heavy atom. The van der Waals surface area contributed by atoms with Crippen LogP contribution in [0.5, 0.6) is 0 Å². The standard InChI is InChI=1S/C28H32N4O7/c1-16(2)13-21(28(38)39-3)31-24(34)20(15-23(29)33)30-25(35)22(14-17-9-5-4-6-10-17)32-26(36)18-11-7-8-12-19(18)27(32)37/h4-12,16,20-22H,13-15H2,1-3H3,(H2,29,33)(H,30,35)(H,31,34)/t20-,21-,22-/m0/s1. The van der Waals surface area contributed by atoms with Crippen LogP contribution < -0.4 is 16.4 Å². The van der Waals surface area contributed by atoms with Crippen LogP contribution in [0.3, 0.4) is 0 Å². The number of carbonyl (C=O) groups excluding carboxylic acids is 6. The first-order chi connectivity index (χ1) is 18.5. The zero-order valence-electron chi connectivity index (χ0n) is 22.0. The first-order valence-corrected chi connectivity index (χ1v) is 12.5. The van der Waals surface area contributed by atoms with Gasteiger partial charge in [-0.1, -0.05) is 56.3 Å². The van der Waals surface area contributed by atoms with E-state index in [1.165, 1.54) is 19.2 Å². The van der Waals surface area contributed by atoms with E-state index in [0.717, 1.165) is 4.90 Å². The van der Waals surface area contributed by atoms with E-state index in [0.29, 0.717) is 5.56 Å². The summed E-state index contributed by atoms with van der Waals surface area (Å²) in [6, 6.07) is 11.1. The largest absolute Gasteiger partial charge is 0.467 e. The normalized spacial score (nSPS) is 14.8. The smallest absolute Gasteiger partial charge is 0.328 e. The zero-order valence-corrected chi connectivity index (χ0v) is 22.0. The van der Waals surface area contributed by atoms with Gasteiger partial charge in [0, 0.05) is 6.42 Å². The number of esters is 1. The zero-order chi connectivity index (χ0) is 28.7. The summed E-state index contributed by atoms with van der Waals surface area (Å²) in [5.74, 6) is -4.52. The third-order valence-electron chi connectivity index (χ3n) is 6.26. The third-order valence-corrected chi connectivity index (χ3v) is 6.26. The van der Waals surface area contributed by atoms with Gasteiger partial charge in [0.15, 0.2) is 0 Å². The molecular weight excluding hydrogens is 504 g/mol. The Kier molecular flexibility index (Phi) is 9.53. The molecule has 0 bridgehead atoms. The van der Waals surface area contributed by atoms with Gasteiger partial charge in [-0.05, 0) is 30.0 Å². The maximum atomic E-state index is 13.6. The van der Waals surface area contributed by atoms with Crippen molar-refractivity contribution in [1.82, 2.24) is 15.5 Å². The summed E-state index contributed by atoms with van der Waals surface area (Å²) in [4.78, 5) is 78.1. The van der Waals surface area contributed by atoms with E-state index in [9.17, 15) is 28.8 Å². The summed E-state index contributed by atoms with van der Waals surface area (Å²) in [7, 11) is 1.18. The fraction of sp³-hybridized carbons (Fsp3) is 0.357. The molecule has 0 saturated heterocycles. The number of carbonyl (C=O) groups is 6. The molecule has 1 heterocycles. The molecule has 4 N–H and O–H groups in total. The molecule has 0 unspecified atom stereocenters. The molecular formula is C28H32N4O7. The van der Waals surface area contributed by atoms with Gasteiger partial charge in [-0.3, -0.25) is 28.9 Å². The molecule has 1 aliphatic rings. The van der Waals surface area contributed by atoms with Crippen LogP contribution in [0.2, 0.25) is 0 Å². The molecule has 0 saturated carbocycles. The first kappa shape index (κ1) is 29.0. The maximum Gasteiger partial charge on any atom is 0.328 e. The molecule has 2 aromatic rings. The van der Waals surface area contributed by atoms with E-state index >= 15 is 0 Å². The van der Waals surface area contributed by atoms with Crippen molar-refractivity contribution in [3.8, 4) is 0 Å². The molecule has 5 amide bonds. The highest BCUT2D eigenvalue weighted by molar-refractivity contribution is 6.23. The van der Waals surface area contributed by atoms with Crippen molar-refractivity contribution in [2.45, 2.75) is 51.2 Å². The summed E-state index contributed by atoms with van der Waals surface area (Å²) >= 11 is 0. The molecule has 39 heavy (non-hydrogen) atoms. The lowest BCUT2D eigenvalue weighted by molar-refractivity contribution is -0.146. The fourth-order valence-corrected chi connectivity index (χ4v) is 4.41. The van der Waals surface area contributed by atoms with Crippen LogP contribution in [0.4, 0.5) is 0 Å². The average Bonchev–Trinajstić information content (AvgIpc) is 3.15. The van der Waals surface area contributed by atoms with Gasteiger partial charge in [0.05, 0.1) is 24.7 Å². The predicted octanol–water partition coefficient (Wildman–Crippen LogP) is 0.958.